The van der Waals surface area contributed by atoms with Gasteiger partial charge in [0.2, 0.25) is 0 Å². The van der Waals surface area contributed by atoms with Crippen molar-refractivity contribution in [3.8, 4) is 0 Å². The molecule has 0 radical (unpaired) electrons. The minimum absolute atomic E-state index is 0.0482. The van der Waals surface area contributed by atoms with Gasteiger partial charge in [-0.05, 0) is 66.3 Å². The van der Waals surface area contributed by atoms with E-state index in [0.717, 1.165) is 27.3 Å². The van der Waals surface area contributed by atoms with E-state index in [9.17, 15) is 4.79 Å². The van der Waals surface area contributed by atoms with Crippen LogP contribution in [0.4, 0.5) is 0 Å². The number of carbonyl (C=O) groups excluding carboxylic acids is 1. The normalized spacial score (nSPS) is 17.6. The Labute approximate surface area is 127 Å². The number of hydrogen-bond acceptors (Lipinski definition) is 3. The molecule has 1 aliphatic rings. The van der Waals surface area contributed by atoms with Gasteiger partial charge in [0.15, 0.2) is 0 Å². The number of carbonyl (C=O) groups is 1. The van der Waals surface area contributed by atoms with Crippen LogP contribution in [0.3, 0.4) is 0 Å². The van der Waals surface area contributed by atoms with E-state index in [2.05, 4.69) is 33.1 Å². The number of aryl methyl sites for hydroxylation is 1. The third kappa shape index (κ3) is 4.29. The monoisotopic (exact) mass is 344 g/mol. The van der Waals surface area contributed by atoms with Crippen molar-refractivity contribution >= 4 is 33.2 Å². The lowest BCUT2D eigenvalue weighted by molar-refractivity contribution is 0.0949. The van der Waals surface area contributed by atoms with Gasteiger partial charge >= 0.3 is 0 Å². The number of amides is 1. The lowest BCUT2D eigenvalue weighted by Crippen LogP contribution is -2.34. The maximum atomic E-state index is 12.0. The Morgan fingerprint density at radius 1 is 1.53 bits per heavy atom. The molecule has 2 heterocycles. The van der Waals surface area contributed by atoms with Crippen LogP contribution in [0, 0.1) is 12.8 Å². The van der Waals surface area contributed by atoms with Crippen molar-refractivity contribution in [1.82, 2.24) is 10.2 Å². The Morgan fingerprint density at radius 2 is 2.21 bits per heavy atom. The molecule has 0 aromatic carbocycles. The number of thiophene rings is 1. The van der Waals surface area contributed by atoms with Crippen molar-refractivity contribution in [2.75, 3.05) is 26.2 Å². The number of rotatable bonds is 5. The van der Waals surface area contributed by atoms with E-state index in [0.29, 0.717) is 5.92 Å². The Kier molecular flexibility index (Phi) is 5.42. The van der Waals surface area contributed by atoms with Crippen LogP contribution in [0.2, 0.25) is 0 Å². The first-order valence-corrected chi connectivity index (χ1v) is 8.43. The summed E-state index contributed by atoms with van der Waals surface area (Å²) in [6.45, 7) is 8.49. The van der Waals surface area contributed by atoms with Crippen LogP contribution in [-0.4, -0.2) is 37.0 Å². The molecule has 0 saturated carbocycles. The summed E-state index contributed by atoms with van der Waals surface area (Å²) < 4.78 is 1.04. The number of likely N-dealkylation sites (tertiary alicyclic amines) is 1. The molecule has 19 heavy (non-hydrogen) atoms. The Morgan fingerprint density at radius 3 is 2.79 bits per heavy atom. The number of nitrogens with zero attached hydrogens (tertiary/aromatic N) is 1. The average Bonchev–Trinajstić information content (AvgIpc) is 2.98. The minimum Gasteiger partial charge on any atom is -0.351 e. The van der Waals surface area contributed by atoms with Crippen LogP contribution in [0.25, 0.3) is 0 Å². The van der Waals surface area contributed by atoms with E-state index in [-0.39, 0.29) is 5.91 Å². The molecule has 106 valence electrons. The molecular weight excluding hydrogens is 324 g/mol. The van der Waals surface area contributed by atoms with Gasteiger partial charge in [-0.25, -0.2) is 0 Å². The molecule has 3 nitrogen and oxygen atoms in total. The second kappa shape index (κ2) is 6.86. The van der Waals surface area contributed by atoms with Gasteiger partial charge in [0.25, 0.3) is 5.91 Å². The summed E-state index contributed by atoms with van der Waals surface area (Å²) >= 11 is 4.96. The zero-order chi connectivity index (χ0) is 13.8. The molecular formula is C14H21BrN2OS. The van der Waals surface area contributed by atoms with Crippen molar-refractivity contribution < 1.29 is 4.79 Å². The van der Waals surface area contributed by atoms with Gasteiger partial charge in [-0.2, -0.15) is 0 Å². The fourth-order valence-corrected chi connectivity index (χ4v) is 3.85. The van der Waals surface area contributed by atoms with Gasteiger partial charge in [-0.1, -0.05) is 6.92 Å². The predicted octanol–water partition coefficient (Wildman–Crippen LogP) is 3.28. The summed E-state index contributed by atoms with van der Waals surface area (Å²) in [7, 11) is 0. The molecule has 2 rings (SSSR count). The zero-order valence-electron chi connectivity index (χ0n) is 11.5. The first-order valence-electron chi connectivity index (χ1n) is 6.82. The first-order chi connectivity index (χ1) is 9.06. The predicted molar refractivity (Wildman–Crippen MR) is 83.9 cm³/mol. The molecule has 0 bridgehead atoms. The molecule has 1 saturated heterocycles. The summed E-state index contributed by atoms with van der Waals surface area (Å²) in [6.07, 6.45) is 2.64. The maximum absolute atomic E-state index is 12.0. The molecule has 0 aliphatic carbocycles. The van der Waals surface area contributed by atoms with Gasteiger partial charge < -0.3 is 10.2 Å². The van der Waals surface area contributed by atoms with Crippen molar-refractivity contribution in [2.24, 2.45) is 5.92 Å². The number of hydrogen-bond donors (Lipinski definition) is 1. The quantitative estimate of drug-likeness (QED) is 0.888. The van der Waals surface area contributed by atoms with Crippen LogP contribution in [0.15, 0.2) is 9.85 Å². The largest absolute Gasteiger partial charge is 0.351 e. The Hall–Kier alpha value is -0.390. The van der Waals surface area contributed by atoms with Crippen molar-refractivity contribution in [2.45, 2.75) is 26.7 Å². The highest BCUT2D eigenvalue weighted by Crippen LogP contribution is 2.27. The van der Waals surface area contributed by atoms with Crippen LogP contribution in [0.5, 0.6) is 0 Å². The van der Waals surface area contributed by atoms with E-state index in [4.69, 9.17) is 0 Å². The van der Waals surface area contributed by atoms with Crippen molar-refractivity contribution in [1.29, 1.82) is 0 Å². The minimum atomic E-state index is 0.0482. The third-order valence-corrected chi connectivity index (χ3v) is 5.60. The average molecular weight is 345 g/mol. The van der Waals surface area contributed by atoms with Crippen LogP contribution < -0.4 is 5.32 Å². The topological polar surface area (TPSA) is 32.3 Å². The second-order valence-electron chi connectivity index (χ2n) is 5.39. The van der Waals surface area contributed by atoms with E-state index >= 15 is 0 Å². The summed E-state index contributed by atoms with van der Waals surface area (Å²) in [5, 5.41) is 3.04. The summed E-state index contributed by atoms with van der Waals surface area (Å²) in [5.74, 6) is 0.554. The number of halogens is 1. The van der Waals surface area contributed by atoms with E-state index in [1.807, 2.05) is 13.0 Å². The maximum Gasteiger partial charge on any atom is 0.261 e. The smallest absolute Gasteiger partial charge is 0.261 e. The van der Waals surface area contributed by atoms with E-state index in [1.165, 1.54) is 37.3 Å². The van der Waals surface area contributed by atoms with Gasteiger partial charge in [-0.3, -0.25) is 4.79 Å². The van der Waals surface area contributed by atoms with Gasteiger partial charge in [-0.15, -0.1) is 11.3 Å². The molecule has 0 spiro atoms. The number of nitrogens with one attached hydrogen (secondary N) is 1. The molecule has 1 fully saturated rings. The van der Waals surface area contributed by atoms with Crippen LogP contribution in [0.1, 0.15) is 35.0 Å². The lowest BCUT2D eigenvalue weighted by atomic mass is 10.1. The van der Waals surface area contributed by atoms with Crippen molar-refractivity contribution in [3.63, 3.8) is 0 Å². The Balaban J connectivity index is 1.76. The van der Waals surface area contributed by atoms with E-state index < -0.39 is 0 Å². The SMILES string of the molecule is Cc1cc(C(=O)NCC(C)CN2CCCC2)sc1Br. The summed E-state index contributed by atoms with van der Waals surface area (Å²) in [6, 6.07) is 1.94. The first kappa shape index (κ1) is 15.0. The molecule has 5 heteroatoms. The highest BCUT2D eigenvalue weighted by molar-refractivity contribution is 9.11. The summed E-state index contributed by atoms with van der Waals surface area (Å²) in [5.41, 5.74) is 1.13. The van der Waals surface area contributed by atoms with Gasteiger partial charge in [0.05, 0.1) is 8.66 Å². The fourth-order valence-electron chi connectivity index (χ4n) is 2.40. The molecule has 1 N–H and O–H groups in total. The molecule has 1 unspecified atom stereocenters. The molecule has 1 amide bonds. The third-order valence-electron chi connectivity index (χ3n) is 3.46. The van der Waals surface area contributed by atoms with Gasteiger partial charge in [0.1, 0.15) is 0 Å². The fraction of sp³-hybridized carbons (Fsp3) is 0.643. The zero-order valence-corrected chi connectivity index (χ0v) is 13.9. The molecule has 1 aromatic heterocycles. The lowest BCUT2D eigenvalue weighted by Gasteiger charge is -2.20. The second-order valence-corrected chi connectivity index (χ2v) is 7.76. The van der Waals surface area contributed by atoms with E-state index in [1.54, 1.807) is 0 Å². The van der Waals surface area contributed by atoms with Gasteiger partial charge in [0, 0.05) is 13.1 Å². The summed E-state index contributed by atoms with van der Waals surface area (Å²) in [4.78, 5) is 15.3. The molecule has 1 atom stereocenters. The molecule has 1 aromatic rings. The van der Waals surface area contributed by atoms with Crippen molar-refractivity contribution in [3.05, 3.63) is 20.3 Å². The Bertz CT molecular complexity index is 421. The highest BCUT2D eigenvalue weighted by atomic mass is 79.9. The molecule has 1 aliphatic heterocycles. The van der Waals surface area contributed by atoms with Crippen LogP contribution in [-0.2, 0) is 0 Å². The van der Waals surface area contributed by atoms with Crippen LogP contribution >= 0.6 is 27.3 Å². The highest BCUT2D eigenvalue weighted by Gasteiger charge is 2.16. The standard InChI is InChI=1S/C14H21BrN2OS/c1-10(9-17-5-3-4-6-17)8-16-14(18)12-7-11(2)13(15)19-12/h7,10H,3-6,8-9H2,1-2H3,(H,16,18).